The Balaban J connectivity index is 1.51. The van der Waals surface area contributed by atoms with E-state index in [1.54, 1.807) is 53.1 Å². The monoisotopic (exact) mass is 637 g/mol. The summed E-state index contributed by atoms with van der Waals surface area (Å²) in [7, 11) is 0. The van der Waals surface area contributed by atoms with Gasteiger partial charge in [0.05, 0.1) is 38.7 Å². The van der Waals surface area contributed by atoms with Gasteiger partial charge in [0.15, 0.2) is 22.5 Å². The van der Waals surface area contributed by atoms with Gasteiger partial charge in [-0.25, -0.2) is 4.39 Å². The Bertz CT molecular complexity index is 1550. The number of rotatable bonds is 16. The highest BCUT2D eigenvalue weighted by Crippen LogP contribution is 2.39. The van der Waals surface area contributed by atoms with Gasteiger partial charge in [0.25, 0.3) is 5.91 Å². The fourth-order valence-corrected chi connectivity index (χ4v) is 5.04. The van der Waals surface area contributed by atoms with E-state index in [0.717, 1.165) is 11.8 Å². The number of thioether (sulfide) groups is 1. The van der Waals surface area contributed by atoms with Crippen LogP contribution >= 0.6 is 11.8 Å². The van der Waals surface area contributed by atoms with Crippen LogP contribution in [0, 0.1) is 5.82 Å². The number of amides is 2. The molecule has 0 aliphatic rings. The van der Waals surface area contributed by atoms with Crippen LogP contribution in [0.1, 0.15) is 43.9 Å². The molecule has 3 aromatic carbocycles. The first-order valence-electron chi connectivity index (χ1n) is 14.6. The molecule has 0 atom stereocenters. The number of nitrogens with zero attached hydrogens (tertiary/aromatic N) is 3. The topological polar surface area (TPSA) is 126 Å². The Hall–Kier alpha value is -4.78. The second-order valence-corrected chi connectivity index (χ2v) is 10.2. The molecular formula is C32H36FN5O6S. The zero-order chi connectivity index (χ0) is 32.2. The number of aromatic nitrogens is 3. The standard InChI is InChI=1S/C32H36FN5O6S/c1-5-41-25-15-11-23(12-16-25)35-29(39)20-45-32-37-36-28(38(32)24-13-9-22(33)10-14-24)19-34-31(40)21-17-26(42-6-2)30(44-8-4)27(18-21)43-7-3/h9-18H,5-8,19-20H2,1-4H3,(H,34,40)(H,35,39). The first-order valence-corrected chi connectivity index (χ1v) is 15.6. The molecule has 45 heavy (non-hydrogen) atoms. The molecule has 0 spiro atoms. The molecule has 2 amide bonds. The molecule has 0 unspecified atom stereocenters. The second-order valence-electron chi connectivity index (χ2n) is 9.29. The zero-order valence-electron chi connectivity index (χ0n) is 25.6. The fraction of sp³-hybridized carbons (Fsp3) is 0.312. The van der Waals surface area contributed by atoms with E-state index in [1.165, 1.54) is 12.1 Å². The highest BCUT2D eigenvalue weighted by atomic mass is 32.2. The maximum atomic E-state index is 13.8. The number of ether oxygens (including phenoxy) is 4. The van der Waals surface area contributed by atoms with Gasteiger partial charge in [0.1, 0.15) is 11.6 Å². The Morgan fingerprint density at radius 1 is 0.822 bits per heavy atom. The molecule has 0 bridgehead atoms. The van der Waals surface area contributed by atoms with Crippen LogP contribution in [0.3, 0.4) is 0 Å². The van der Waals surface area contributed by atoms with Gasteiger partial charge in [-0.15, -0.1) is 10.2 Å². The number of carbonyl (C=O) groups excluding carboxylic acids is 2. The number of carbonyl (C=O) groups is 2. The zero-order valence-corrected chi connectivity index (χ0v) is 26.4. The summed E-state index contributed by atoms with van der Waals surface area (Å²) in [5.74, 6) is 1.29. The van der Waals surface area contributed by atoms with Crippen molar-refractivity contribution in [2.75, 3.05) is 37.5 Å². The van der Waals surface area contributed by atoms with Crippen molar-refractivity contribution in [3.8, 4) is 28.7 Å². The fourth-order valence-electron chi connectivity index (χ4n) is 4.27. The van der Waals surface area contributed by atoms with Crippen molar-refractivity contribution >= 4 is 29.3 Å². The Morgan fingerprint density at radius 2 is 1.44 bits per heavy atom. The van der Waals surface area contributed by atoms with Gasteiger partial charge in [-0.3, -0.25) is 14.2 Å². The average molecular weight is 638 g/mol. The smallest absolute Gasteiger partial charge is 0.251 e. The van der Waals surface area contributed by atoms with E-state index in [0.29, 0.717) is 77.3 Å². The molecule has 0 aliphatic heterocycles. The lowest BCUT2D eigenvalue weighted by Crippen LogP contribution is -2.25. The van der Waals surface area contributed by atoms with Gasteiger partial charge < -0.3 is 29.6 Å². The minimum absolute atomic E-state index is 0.0106. The molecule has 1 heterocycles. The van der Waals surface area contributed by atoms with Gasteiger partial charge in [-0.2, -0.15) is 0 Å². The average Bonchev–Trinajstić information content (AvgIpc) is 3.44. The van der Waals surface area contributed by atoms with Gasteiger partial charge in [-0.05, 0) is 88.4 Å². The second kappa shape index (κ2) is 16.3. The predicted molar refractivity (Wildman–Crippen MR) is 169 cm³/mol. The van der Waals surface area contributed by atoms with E-state index in [9.17, 15) is 14.0 Å². The number of halogens is 1. The van der Waals surface area contributed by atoms with Gasteiger partial charge in [0.2, 0.25) is 11.7 Å². The lowest BCUT2D eigenvalue weighted by molar-refractivity contribution is -0.113. The highest BCUT2D eigenvalue weighted by molar-refractivity contribution is 7.99. The van der Waals surface area contributed by atoms with Crippen molar-refractivity contribution in [3.63, 3.8) is 0 Å². The third-order valence-electron chi connectivity index (χ3n) is 6.15. The number of benzene rings is 3. The number of hydrogen-bond donors (Lipinski definition) is 2. The van der Waals surface area contributed by atoms with Crippen LogP contribution in [0.4, 0.5) is 10.1 Å². The Labute approximate surface area is 265 Å². The SMILES string of the molecule is CCOc1ccc(NC(=O)CSc2nnc(CNC(=O)c3cc(OCC)c(OCC)c(OCC)c3)n2-c2ccc(F)cc2)cc1. The minimum atomic E-state index is -0.406. The molecule has 11 nitrogen and oxygen atoms in total. The van der Waals surface area contributed by atoms with E-state index < -0.39 is 11.7 Å². The van der Waals surface area contributed by atoms with Gasteiger partial charge in [-0.1, -0.05) is 11.8 Å². The van der Waals surface area contributed by atoms with E-state index in [4.69, 9.17) is 18.9 Å². The van der Waals surface area contributed by atoms with Crippen LogP contribution in [0.5, 0.6) is 23.0 Å². The summed E-state index contributed by atoms with van der Waals surface area (Å²) < 4.78 is 38.1. The summed E-state index contributed by atoms with van der Waals surface area (Å²) in [6.07, 6.45) is 0. The Morgan fingerprint density at radius 3 is 2.04 bits per heavy atom. The first-order chi connectivity index (χ1) is 21.9. The molecule has 238 valence electrons. The molecule has 0 fully saturated rings. The number of hydrogen-bond acceptors (Lipinski definition) is 9. The summed E-state index contributed by atoms with van der Waals surface area (Å²) in [6.45, 7) is 9.10. The van der Waals surface area contributed by atoms with Crippen LogP contribution in [0.25, 0.3) is 5.69 Å². The molecule has 1 aromatic heterocycles. The van der Waals surface area contributed by atoms with Crippen molar-refractivity contribution in [2.45, 2.75) is 39.4 Å². The van der Waals surface area contributed by atoms with Gasteiger partial charge >= 0.3 is 0 Å². The largest absolute Gasteiger partial charge is 0.494 e. The normalized spacial score (nSPS) is 10.7. The number of anilines is 1. The van der Waals surface area contributed by atoms with Crippen molar-refractivity contribution < 1.29 is 32.9 Å². The van der Waals surface area contributed by atoms with Crippen molar-refractivity contribution in [2.24, 2.45) is 0 Å². The summed E-state index contributed by atoms with van der Waals surface area (Å²) in [6, 6.07) is 16.0. The third kappa shape index (κ3) is 8.88. The molecule has 2 N–H and O–H groups in total. The van der Waals surface area contributed by atoms with E-state index in [2.05, 4.69) is 20.8 Å². The van der Waals surface area contributed by atoms with Crippen LogP contribution in [-0.4, -0.2) is 58.8 Å². The van der Waals surface area contributed by atoms with Crippen LogP contribution < -0.4 is 29.6 Å². The summed E-state index contributed by atoms with van der Waals surface area (Å²) in [4.78, 5) is 26.0. The molecule has 4 rings (SSSR count). The molecular weight excluding hydrogens is 601 g/mol. The quantitative estimate of drug-likeness (QED) is 0.150. The van der Waals surface area contributed by atoms with E-state index >= 15 is 0 Å². The van der Waals surface area contributed by atoms with E-state index in [1.807, 2.05) is 27.7 Å². The lowest BCUT2D eigenvalue weighted by Gasteiger charge is -2.17. The highest BCUT2D eigenvalue weighted by Gasteiger charge is 2.21. The van der Waals surface area contributed by atoms with Crippen molar-refractivity contribution in [1.82, 2.24) is 20.1 Å². The lowest BCUT2D eigenvalue weighted by atomic mass is 10.1. The summed E-state index contributed by atoms with van der Waals surface area (Å²) in [5.41, 5.74) is 1.50. The third-order valence-corrected chi connectivity index (χ3v) is 7.07. The van der Waals surface area contributed by atoms with Crippen LogP contribution in [0.15, 0.2) is 65.8 Å². The summed E-state index contributed by atoms with van der Waals surface area (Å²) in [5, 5.41) is 14.6. The molecule has 0 saturated heterocycles. The molecule has 0 radical (unpaired) electrons. The molecule has 0 saturated carbocycles. The molecule has 4 aromatic rings. The van der Waals surface area contributed by atoms with Gasteiger partial charge in [0, 0.05) is 16.9 Å². The molecule has 0 aliphatic carbocycles. The van der Waals surface area contributed by atoms with Crippen LogP contribution in [-0.2, 0) is 11.3 Å². The van der Waals surface area contributed by atoms with Crippen molar-refractivity contribution in [1.29, 1.82) is 0 Å². The minimum Gasteiger partial charge on any atom is -0.494 e. The van der Waals surface area contributed by atoms with Crippen LogP contribution in [0.2, 0.25) is 0 Å². The maximum absolute atomic E-state index is 13.8. The predicted octanol–water partition coefficient (Wildman–Crippen LogP) is 5.66. The van der Waals surface area contributed by atoms with Crippen molar-refractivity contribution in [3.05, 3.63) is 77.9 Å². The number of nitrogens with one attached hydrogen (secondary N) is 2. The molecule has 13 heteroatoms. The summed E-state index contributed by atoms with van der Waals surface area (Å²) >= 11 is 1.16. The maximum Gasteiger partial charge on any atom is 0.251 e. The van der Waals surface area contributed by atoms with E-state index in [-0.39, 0.29) is 18.2 Å². The Kier molecular flexibility index (Phi) is 12.0. The first kappa shape index (κ1) is 33.1.